The first-order chi connectivity index (χ1) is 16.9. The van der Waals surface area contributed by atoms with Crippen molar-refractivity contribution >= 4 is 22.6 Å². The first-order valence-electron chi connectivity index (χ1n) is 11.3. The van der Waals surface area contributed by atoms with Crippen LogP contribution in [0.4, 0.5) is 14.6 Å². The standard InChI is InChI=1S/C26H22F2N6O/c27-19-2-1-3-20(28)23(19)21-11-8-14-4-5-16(12-22(14)32-21)24-18(13-29)25(30)34(33-24)17-9-6-15(7-10-17)26(31)35/h1-5,8,11-12,15,17H,6-7,9-10,30H2,(H2,31,35). The molecule has 176 valence electrons. The van der Waals surface area contributed by atoms with E-state index in [0.29, 0.717) is 42.5 Å². The van der Waals surface area contributed by atoms with Crippen LogP contribution in [0.3, 0.4) is 0 Å². The maximum Gasteiger partial charge on any atom is 0.220 e. The zero-order valence-electron chi connectivity index (χ0n) is 18.7. The molecule has 9 heteroatoms. The zero-order chi connectivity index (χ0) is 24.7. The second-order valence-electron chi connectivity index (χ2n) is 8.77. The van der Waals surface area contributed by atoms with Gasteiger partial charge in [-0.1, -0.05) is 24.3 Å². The van der Waals surface area contributed by atoms with Gasteiger partial charge >= 0.3 is 0 Å². The van der Waals surface area contributed by atoms with E-state index >= 15 is 0 Å². The highest BCUT2D eigenvalue weighted by molar-refractivity contribution is 5.87. The van der Waals surface area contributed by atoms with Crippen LogP contribution in [0.5, 0.6) is 0 Å². The average molecular weight is 472 g/mol. The summed E-state index contributed by atoms with van der Waals surface area (Å²) >= 11 is 0. The molecule has 1 aliphatic rings. The number of nitrogens with two attached hydrogens (primary N) is 2. The molecule has 5 rings (SSSR count). The smallest absolute Gasteiger partial charge is 0.220 e. The van der Waals surface area contributed by atoms with Crippen LogP contribution >= 0.6 is 0 Å². The van der Waals surface area contributed by atoms with Gasteiger partial charge in [0.2, 0.25) is 5.91 Å². The molecule has 2 heterocycles. The molecule has 0 radical (unpaired) electrons. The fraction of sp³-hybridized carbons (Fsp3) is 0.231. The second-order valence-corrected chi connectivity index (χ2v) is 8.77. The summed E-state index contributed by atoms with van der Waals surface area (Å²) in [4.78, 5) is 16.0. The Morgan fingerprint density at radius 1 is 1.06 bits per heavy atom. The number of pyridine rings is 1. The van der Waals surface area contributed by atoms with Gasteiger partial charge in [-0.2, -0.15) is 10.4 Å². The number of nitrogen functional groups attached to an aromatic ring is 1. The lowest BCUT2D eigenvalue weighted by Crippen LogP contribution is -2.29. The molecular weight excluding hydrogens is 450 g/mol. The molecule has 35 heavy (non-hydrogen) atoms. The summed E-state index contributed by atoms with van der Waals surface area (Å²) in [6.45, 7) is 0. The van der Waals surface area contributed by atoms with Crippen molar-refractivity contribution in [3.05, 3.63) is 65.7 Å². The van der Waals surface area contributed by atoms with Crippen LogP contribution in [0.15, 0.2) is 48.5 Å². The summed E-state index contributed by atoms with van der Waals surface area (Å²) in [5.74, 6) is -1.58. The topological polar surface area (TPSA) is 124 Å². The fourth-order valence-corrected chi connectivity index (χ4v) is 4.79. The van der Waals surface area contributed by atoms with E-state index in [0.717, 1.165) is 5.39 Å². The van der Waals surface area contributed by atoms with Crippen molar-refractivity contribution in [2.75, 3.05) is 5.73 Å². The number of amides is 1. The number of hydrogen-bond acceptors (Lipinski definition) is 5. The van der Waals surface area contributed by atoms with Crippen LogP contribution in [-0.2, 0) is 4.79 Å². The third-order valence-electron chi connectivity index (χ3n) is 6.69. The Hall–Kier alpha value is -4.32. The summed E-state index contributed by atoms with van der Waals surface area (Å²) in [6, 6.07) is 14.4. The van der Waals surface area contributed by atoms with Gasteiger partial charge in [-0.25, -0.2) is 18.4 Å². The van der Waals surface area contributed by atoms with Crippen LogP contribution in [0.25, 0.3) is 33.4 Å². The Balaban J connectivity index is 1.54. The molecule has 2 aromatic heterocycles. The number of nitrogens with zero attached hydrogens (tertiary/aromatic N) is 4. The third-order valence-corrected chi connectivity index (χ3v) is 6.69. The number of hydrogen-bond donors (Lipinski definition) is 2. The maximum atomic E-state index is 14.3. The number of anilines is 1. The largest absolute Gasteiger partial charge is 0.383 e. The predicted molar refractivity (Wildman–Crippen MR) is 128 cm³/mol. The van der Waals surface area contributed by atoms with Gasteiger partial charge in [0.1, 0.15) is 34.8 Å². The molecule has 1 aliphatic carbocycles. The molecule has 2 aromatic carbocycles. The Morgan fingerprint density at radius 2 is 1.74 bits per heavy atom. The molecular formula is C26H22F2N6O. The molecule has 1 fully saturated rings. The summed E-state index contributed by atoms with van der Waals surface area (Å²) in [5.41, 5.74) is 13.5. The number of nitriles is 1. The highest BCUT2D eigenvalue weighted by Crippen LogP contribution is 2.37. The van der Waals surface area contributed by atoms with Crippen LogP contribution in [0.1, 0.15) is 37.3 Å². The fourth-order valence-electron chi connectivity index (χ4n) is 4.79. The Kier molecular flexibility index (Phi) is 5.65. The maximum absolute atomic E-state index is 14.3. The van der Waals surface area contributed by atoms with Gasteiger partial charge in [0, 0.05) is 16.9 Å². The van der Waals surface area contributed by atoms with Crippen LogP contribution < -0.4 is 11.5 Å². The number of aromatic nitrogens is 3. The van der Waals surface area contributed by atoms with E-state index < -0.39 is 11.6 Å². The first kappa shape index (κ1) is 22.5. The Morgan fingerprint density at radius 3 is 2.40 bits per heavy atom. The van der Waals surface area contributed by atoms with Gasteiger partial charge in [0.05, 0.1) is 22.8 Å². The molecule has 7 nitrogen and oxygen atoms in total. The molecule has 0 saturated heterocycles. The second kappa shape index (κ2) is 8.80. The highest BCUT2D eigenvalue weighted by atomic mass is 19.1. The monoisotopic (exact) mass is 472 g/mol. The molecule has 0 atom stereocenters. The van der Waals surface area contributed by atoms with Gasteiger partial charge in [-0.3, -0.25) is 4.79 Å². The van der Waals surface area contributed by atoms with E-state index in [-0.39, 0.29) is 40.5 Å². The third kappa shape index (κ3) is 3.97. The van der Waals surface area contributed by atoms with Gasteiger partial charge in [0.25, 0.3) is 0 Å². The van der Waals surface area contributed by atoms with Gasteiger partial charge in [-0.15, -0.1) is 0 Å². The minimum Gasteiger partial charge on any atom is -0.383 e. The van der Waals surface area contributed by atoms with Crippen molar-refractivity contribution in [2.45, 2.75) is 31.7 Å². The first-order valence-corrected chi connectivity index (χ1v) is 11.3. The Bertz CT molecular complexity index is 1480. The Labute approximate surface area is 200 Å². The van der Waals surface area contributed by atoms with Crippen molar-refractivity contribution in [2.24, 2.45) is 11.7 Å². The molecule has 4 aromatic rings. The van der Waals surface area contributed by atoms with E-state index in [1.165, 1.54) is 18.2 Å². The minimum absolute atomic E-state index is 0.0411. The predicted octanol–water partition coefficient (Wildman–Crippen LogP) is 4.71. The number of carbonyl (C=O) groups excluding carboxylic acids is 1. The molecule has 0 aliphatic heterocycles. The molecule has 0 bridgehead atoms. The van der Waals surface area contributed by atoms with Crippen molar-refractivity contribution in [3.63, 3.8) is 0 Å². The number of primary amides is 1. The minimum atomic E-state index is -0.697. The van der Waals surface area contributed by atoms with Crippen molar-refractivity contribution in [3.8, 4) is 28.6 Å². The summed E-state index contributed by atoms with van der Waals surface area (Å²) in [5, 5.41) is 15.2. The van der Waals surface area contributed by atoms with Crippen molar-refractivity contribution < 1.29 is 13.6 Å². The SMILES string of the molecule is N#Cc1c(-c2ccc3ccc(-c4c(F)cccc4F)nc3c2)nn(C2CCC(C(N)=O)CC2)c1N. The lowest BCUT2D eigenvalue weighted by molar-refractivity contribution is -0.122. The summed E-state index contributed by atoms with van der Waals surface area (Å²) in [7, 11) is 0. The molecule has 0 unspecified atom stereocenters. The van der Waals surface area contributed by atoms with E-state index in [1.807, 2.05) is 12.1 Å². The lowest BCUT2D eigenvalue weighted by atomic mass is 9.85. The highest BCUT2D eigenvalue weighted by Gasteiger charge is 2.29. The molecule has 4 N–H and O–H groups in total. The van der Waals surface area contributed by atoms with Gasteiger partial charge < -0.3 is 11.5 Å². The van der Waals surface area contributed by atoms with Gasteiger partial charge in [-0.05, 0) is 49.9 Å². The number of rotatable bonds is 4. The van der Waals surface area contributed by atoms with E-state index in [9.17, 15) is 18.8 Å². The summed E-state index contributed by atoms with van der Waals surface area (Å²) < 4.78 is 30.3. The molecule has 1 saturated carbocycles. The average Bonchev–Trinajstić information content (AvgIpc) is 3.19. The van der Waals surface area contributed by atoms with E-state index in [4.69, 9.17) is 11.5 Å². The number of carbonyl (C=O) groups is 1. The lowest BCUT2D eigenvalue weighted by Gasteiger charge is -2.27. The normalized spacial score (nSPS) is 17.9. The molecule has 0 spiro atoms. The number of fused-ring (bicyclic) bond motifs is 1. The van der Waals surface area contributed by atoms with E-state index in [1.54, 1.807) is 22.9 Å². The zero-order valence-corrected chi connectivity index (χ0v) is 18.7. The molecule has 1 amide bonds. The van der Waals surface area contributed by atoms with Crippen LogP contribution in [-0.4, -0.2) is 20.7 Å². The van der Waals surface area contributed by atoms with E-state index in [2.05, 4.69) is 16.2 Å². The van der Waals surface area contributed by atoms with Crippen molar-refractivity contribution in [1.29, 1.82) is 5.26 Å². The summed E-state index contributed by atoms with van der Waals surface area (Å²) in [6.07, 6.45) is 2.65. The quantitative estimate of drug-likeness (QED) is 0.445. The number of benzene rings is 2. The van der Waals surface area contributed by atoms with Crippen LogP contribution in [0, 0.1) is 28.9 Å². The van der Waals surface area contributed by atoms with Crippen LogP contribution in [0.2, 0.25) is 0 Å². The van der Waals surface area contributed by atoms with Crippen molar-refractivity contribution in [1.82, 2.24) is 14.8 Å². The number of halogens is 2. The van der Waals surface area contributed by atoms with Gasteiger partial charge in [0.15, 0.2) is 0 Å².